The summed E-state index contributed by atoms with van der Waals surface area (Å²) >= 11 is 7.04. The molecule has 2 nitrogen and oxygen atoms in total. The van der Waals surface area contributed by atoms with Crippen LogP contribution >= 0.6 is 22.9 Å². The third kappa shape index (κ3) is 2.56. The molecule has 0 amide bonds. The average molecular weight is 232 g/mol. The minimum Gasteiger partial charge on any atom is -0.321 e. The van der Waals surface area contributed by atoms with Gasteiger partial charge in [-0.1, -0.05) is 31.9 Å². The Morgan fingerprint density at radius 1 is 1.64 bits per heavy atom. The molecular formula is C10H14ClNOS. The molecule has 2 atom stereocenters. The number of hydrogen-bond donors (Lipinski definition) is 1. The number of rotatable bonds is 4. The molecule has 0 aliphatic heterocycles. The molecule has 0 bridgehead atoms. The van der Waals surface area contributed by atoms with Crippen LogP contribution in [0.5, 0.6) is 0 Å². The number of halogens is 1. The van der Waals surface area contributed by atoms with Crippen molar-refractivity contribution in [2.45, 2.75) is 26.3 Å². The van der Waals surface area contributed by atoms with E-state index in [0.717, 1.165) is 6.42 Å². The largest absolute Gasteiger partial charge is 0.321 e. The second-order valence-electron chi connectivity index (χ2n) is 3.38. The average Bonchev–Trinajstić information content (AvgIpc) is 2.61. The van der Waals surface area contributed by atoms with E-state index in [0.29, 0.717) is 9.21 Å². The van der Waals surface area contributed by atoms with Crippen molar-refractivity contribution in [3.05, 3.63) is 21.3 Å². The second kappa shape index (κ2) is 4.91. The van der Waals surface area contributed by atoms with Gasteiger partial charge in [-0.05, 0) is 18.1 Å². The molecular weight excluding hydrogens is 218 g/mol. The summed E-state index contributed by atoms with van der Waals surface area (Å²) in [5.41, 5.74) is 5.83. The van der Waals surface area contributed by atoms with Gasteiger partial charge in [0.25, 0.3) is 0 Å². The van der Waals surface area contributed by atoms with Crippen LogP contribution in [0.2, 0.25) is 4.34 Å². The highest BCUT2D eigenvalue weighted by Gasteiger charge is 2.21. The lowest BCUT2D eigenvalue weighted by molar-refractivity contribution is 0.0939. The minimum absolute atomic E-state index is 0.00347. The molecule has 2 N–H and O–H groups in total. The quantitative estimate of drug-likeness (QED) is 0.810. The molecule has 1 aromatic rings. The lowest BCUT2D eigenvalue weighted by Crippen LogP contribution is -2.36. The standard InChI is InChI=1S/C10H14ClNOS/c1-3-6(2)9(12)10(13)7-4-5-8(11)14-7/h4-6,9H,3,12H2,1-2H3. The summed E-state index contributed by atoms with van der Waals surface area (Å²) in [6.07, 6.45) is 0.909. The second-order valence-corrected chi connectivity index (χ2v) is 5.09. The van der Waals surface area contributed by atoms with E-state index in [1.165, 1.54) is 11.3 Å². The van der Waals surface area contributed by atoms with Gasteiger partial charge in [0, 0.05) is 0 Å². The smallest absolute Gasteiger partial charge is 0.189 e. The topological polar surface area (TPSA) is 43.1 Å². The van der Waals surface area contributed by atoms with Gasteiger partial charge in [0.15, 0.2) is 5.78 Å². The Hall–Kier alpha value is -0.380. The zero-order valence-electron chi connectivity index (χ0n) is 8.29. The van der Waals surface area contributed by atoms with Crippen LogP contribution in [0.25, 0.3) is 0 Å². The van der Waals surface area contributed by atoms with E-state index in [9.17, 15) is 4.79 Å². The fraction of sp³-hybridized carbons (Fsp3) is 0.500. The Morgan fingerprint density at radius 2 is 2.29 bits per heavy atom. The molecule has 0 saturated carbocycles. The summed E-state index contributed by atoms with van der Waals surface area (Å²) < 4.78 is 0.629. The third-order valence-electron chi connectivity index (χ3n) is 2.38. The highest BCUT2D eigenvalue weighted by atomic mass is 35.5. The number of nitrogens with two attached hydrogens (primary N) is 1. The van der Waals surface area contributed by atoms with E-state index >= 15 is 0 Å². The van der Waals surface area contributed by atoms with E-state index in [1.807, 2.05) is 13.8 Å². The molecule has 4 heteroatoms. The van der Waals surface area contributed by atoms with Crippen LogP contribution in [0, 0.1) is 5.92 Å². The third-order valence-corrected chi connectivity index (χ3v) is 3.62. The molecule has 1 rings (SSSR count). The fourth-order valence-corrected chi connectivity index (χ4v) is 2.15. The maximum atomic E-state index is 11.8. The highest BCUT2D eigenvalue weighted by molar-refractivity contribution is 7.18. The number of hydrogen-bond acceptors (Lipinski definition) is 3. The SMILES string of the molecule is CCC(C)C(N)C(=O)c1ccc(Cl)s1. The van der Waals surface area contributed by atoms with Gasteiger partial charge in [-0.25, -0.2) is 0 Å². The number of ketones is 1. The Balaban J connectivity index is 2.75. The van der Waals surface area contributed by atoms with Gasteiger partial charge in [-0.3, -0.25) is 4.79 Å². The van der Waals surface area contributed by atoms with Crippen LogP contribution < -0.4 is 5.73 Å². The van der Waals surface area contributed by atoms with Crippen molar-refractivity contribution in [2.24, 2.45) is 11.7 Å². The predicted molar refractivity (Wildman–Crippen MR) is 61.1 cm³/mol. The number of Topliss-reactive ketones (excluding diaryl/α,β-unsaturated/α-hetero) is 1. The molecule has 0 aliphatic carbocycles. The molecule has 0 aliphatic rings. The first-order valence-corrected chi connectivity index (χ1v) is 5.80. The van der Waals surface area contributed by atoms with Gasteiger partial charge in [0.2, 0.25) is 0 Å². The normalized spacial score (nSPS) is 15.1. The maximum absolute atomic E-state index is 11.8. The lowest BCUT2D eigenvalue weighted by Gasteiger charge is -2.15. The molecule has 2 unspecified atom stereocenters. The monoisotopic (exact) mass is 231 g/mol. The Bertz CT molecular complexity index is 324. The van der Waals surface area contributed by atoms with Crippen molar-refractivity contribution in [3.63, 3.8) is 0 Å². The van der Waals surface area contributed by atoms with Gasteiger partial charge in [-0.2, -0.15) is 0 Å². The van der Waals surface area contributed by atoms with Crippen LogP contribution in [-0.2, 0) is 0 Å². The van der Waals surface area contributed by atoms with Crippen LogP contribution in [0.15, 0.2) is 12.1 Å². The first kappa shape index (κ1) is 11.7. The Labute approximate surface area is 93.1 Å². The zero-order valence-corrected chi connectivity index (χ0v) is 9.86. The van der Waals surface area contributed by atoms with Crippen molar-refractivity contribution in [2.75, 3.05) is 0 Å². The molecule has 0 fully saturated rings. The molecule has 78 valence electrons. The summed E-state index contributed by atoms with van der Waals surface area (Å²) in [6, 6.07) is 3.05. The summed E-state index contributed by atoms with van der Waals surface area (Å²) in [7, 11) is 0. The minimum atomic E-state index is -0.408. The molecule has 1 heterocycles. The summed E-state index contributed by atoms with van der Waals surface area (Å²) in [5, 5.41) is 0. The Morgan fingerprint density at radius 3 is 2.71 bits per heavy atom. The van der Waals surface area contributed by atoms with Crippen molar-refractivity contribution in [3.8, 4) is 0 Å². The molecule has 0 aromatic carbocycles. The van der Waals surface area contributed by atoms with Crippen molar-refractivity contribution >= 4 is 28.7 Å². The Kier molecular flexibility index (Phi) is 4.11. The van der Waals surface area contributed by atoms with Crippen molar-refractivity contribution in [1.29, 1.82) is 0 Å². The van der Waals surface area contributed by atoms with Gasteiger partial charge < -0.3 is 5.73 Å². The van der Waals surface area contributed by atoms with Gasteiger partial charge in [-0.15, -0.1) is 11.3 Å². The highest BCUT2D eigenvalue weighted by Crippen LogP contribution is 2.23. The van der Waals surface area contributed by atoms with Crippen LogP contribution in [0.1, 0.15) is 29.9 Å². The molecule has 0 radical (unpaired) electrons. The maximum Gasteiger partial charge on any atom is 0.189 e. The van der Waals surface area contributed by atoms with E-state index in [2.05, 4.69) is 0 Å². The number of thiophene rings is 1. The van der Waals surface area contributed by atoms with E-state index < -0.39 is 6.04 Å². The van der Waals surface area contributed by atoms with Crippen LogP contribution in [0.3, 0.4) is 0 Å². The lowest BCUT2D eigenvalue weighted by atomic mass is 9.96. The van der Waals surface area contributed by atoms with Gasteiger partial charge in [0.1, 0.15) is 0 Å². The fourth-order valence-electron chi connectivity index (χ4n) is 1.12. The van der Waals surface area contributed by atoms with Crippen molar-refractivity contribution in [1.82, 2.24) is 0 Å². The van der Waals surface area contributed by atoms with E-state index in [1.54, 1.807) is 12.1 Å². The predicted octanol–water partition coefficient (Wildman–Crippen LogP) is 2.96. The van der Waals surface area contributed by atoms with E-state index in [4.69, 9.17) is 17.3 Å². The van der Waals surface area contributed by atoms with E-state index in [-0.39, 0.29) is 11.7 Å². The first-order chi connectivity index (χ1) is 6.56. The zero-order chi connectivity index (χ0) is 10.7. The van der Waals surface area contributed by atoms with Gasteiger partial charge in [0.05, 0.1) is 15.3 Å². The molecule has 1 aromatic heterocycles. The molecule has 0 spiro atoms. The van der Waals surface area contributed by atoms with Crippen molar-refractivity contribution < 1.29 is 4.79 Å². The summed E-state index contributed by atoms with van der Waals surface area (Å²) in [6.45, 7) is 4.01. The van der Waals surface area contributed by atoms with Gasteiger partial charge >= 0.3 is 0 Å². The number of carbonyl (C=O) groups excluding carboxylic acids is 1. The first-order valence-electron chi connectivity index (χ1n) is 4.61. The molecule has 14 heavy (non-hydrogen) atoms. The molecule has 0 saturated heterocycles. The summed E-state index contributed by atoms with van der Waals surface area (Å²) in [5.74, 6) is 0.208. The number of carbonyl (C=O) groups is 1. The summed E-state index contributed by atoms with van der Waals surface area (Å²) in [4.78, 5) is 12.4. The van der Waals surface area contributed by atoms with Crippen LogP contribution in [-0.4, -0.2) is 11.8 Å². The van der Waals surface area contributed by atoms with Crippen LogP contribution in [0.4, 0.5) is 0 Å².